The van der Waals surface area contributed by atoms with Crippen molar-refractivity contribution in [2.24, 2.45) is 0 Å². The molecule has 1 amide bonds. The minimum atomic E-state index is -0.0248. The summed E-state index contributed by atoms with van der Waals surface area (Å²) in [5.74, 6) is -0.0248. The zero-order chi connectivity index (χ0) is 16.1. The second-order valence-corrected chi connectivity index (χ2v) is 5.94. The van der Waals surface area contributed by atoms with E-state index in [1.807, 2.05) is 19.1 Å². The number of benzene rings is 2. The molecule has 0 radical (unpaired) electrons. The lowest BCUT2D eigenvalue weighted by Gasteiger charge is -2.12. The Hall–Kier alpha value is -2.00. The van der Waals surface area contributed by atoms with Gasteiger partial charge in [0.2, 0.25) is 5.91 Å². The number of hydrogen-bond donors (Lipinski definition) is 2. The molecule has 2 aromatic rings. The van der Waals surface area contributed by atoms with Gasteiger partial charge < -0.3 is 10.6 Å². The lowest BCUT2D eigenvalue weighted by Crippen LogP contribution is -2.17. The monoisotopic (exact) mass is 316 g/mol. The quantitative estimate of drug-likeness (QED) is 0.839. The van der Waals surface area contributed by atoms with Crippen LogP contribution in [0.5, 0.6) is 0 Å². The zero-order valence-corrected chi connectivity index (χ0v) is 13.9. The normalized spacial score (nSPS) is 10.4. The molecule has 0 aromatic heterocycles. The summed E-state index contributed by atoms with van der Waals surface area (Å²) >= 11 is 5.95. The molecular formula is C18H21ClN2O. The van der Waals surface area contributed by atoms with E-state index in [1.165, 1.54) is 11.1 Å². The summed E-state index contributed by atoms with van der Waals surface area (Å²) in [5, 5.41) is 6.83. The molecule has 0 aliphatic heterocycles. The van der Waals surface area contributed by atoms with Crippen molar-refractivity contribution in [2.75, 3.05) is 17.2 Å². The molecular weight excluding hydrogens is 296 g/mol. The van der Waals surface area contributed by atoms with Crippen LogP contribution in [0.3, 0.4) is 0 Å². The van der Waals surface area contributed by atoms with E-state index in [-0.39, 0.29) is 5.91 Å². The topological polar surface area (TPSA) is 41.1 Å². The molecule has 0 aliphatic rings. The van der Waals surface area contributed by atoms with Gasteiger partial charge in [0.1, 0.15) is 0 Å². The molecule has 2 N–H and O–H groups in total. The standard InChI is InChI=1S/C18H21ClN2O/c1-12-4-5-13(2)16(10-12)20-9-8-18(22)21-17-11-15(19)7-6-14(17)3/h4-7,10-11,20H,8-9H2,1-3H3,(H,21,22). The van der Waals surface area contributed by atoms with E-state index in [1.54, 1.807) is 6.07 Å². The van der Waals surface area contributed by atoms with Crippen molar-refractivity contribution in [3.63, 3.8) is 0 Å². The van der Waals surface area contributed by atoms with Crippen molar-refractivity contribution in [3.05, 3.63) is 58.1 Å². The second-order valence-electron chi connectivity index (χ2n) is 5.50. The van der Waals surface area contributed by atoms with Gasteiger partial charge in [0.15, 0.2) is 0 Å². The van der Waals surface area contributed by atoms with Crippen LogP contribution >= 0.6 is 11.6 Å². The van der Waals surface area contributed by atoms with Crippen LogP contribution in [0.2, 0.25) is 5.02 Å². The molecule has 0 fully saturated rings. The van der Waals surface area contributed by atoms with Crippen LogP contribution in [0.15, 0.2) is 36.4 Å². The fourth-order valence-corrected chi connectivity index (χ4v) is 2.35. The van der Waals surface area contributed by atoms with Crippen LogP contribution in [-0.4, -0.2) is 12.5 Å². The molecule has 0 saturated heterocycles. The zero-order valence-electron chi connectivity index (χ0n) is 13.2. The molecule has 2 rings (SSSR count). The van der Waals surface area contributed by atoms with Gasteiger partial charge in [-0.05, 0) is 55.7 Å². The Morgan fingerprint density at radius 3 is 2.45 bits per heavy atom. The SMILES string of the molecule is Cc1ccc(C)c(NCCC(=O)Nc2cc(Cl)ccc2C)c1. The smallest absolute Gasteiger partial charge is 0.226 e. The average molecular weight is 317 g/mol. The van der Waals surface area contributed by atoms with E-state index in [0.29, 0.717) is 18.0 Å². The summed E-state index contributed by atoms with van der Waals surface area (Å²) in [4.78, 5) is 12.0. The van der Waals surface area contributed by atoms with Crippen LogP contribution in [-0.2, 0) is 4.79 Å². The predicted molar refractivity (Wildman–Crippen MR) is 93.8 cm³/mol. The highest BCUT2D eigenvalue weighted by molar-refractivity contribution is 6.31. The number of hydrogen-bond acceptors (Lipinski definition) is 2. The van der Waals surface area contributed by atoms with E-state index in [9.17, 15) is 4.79 Å². The highest BCUT2D eigenvalue weighted by Crippen LogP contribution is 2.20. The Morgan fingerprint density at radius 2 is 1.68 bits per heavy atom. The van der Waals surface area contributed by atoms with Crippen LogP contribution in [0.25, 0.3) is 0 Å². The molecule has 116 valence electrons. The second kappa shape index (κ2) is 7.32. The molecule has 0 aliphatic carbocycles. The lowest BCUT2D eigenvalue weighted by molar-refractivity contribution is -0.115. The van der Waals surface area contributed by atoms with Crippen molar-refractivity contribution in [1.29, 1.82) is 0 Å². The van der Waals surface area contributed by atoms with E-state index in [2.05, 4.69) is 42.7 Å². The highest BCUT2D eigenvalue weighted by Gasteiger charge is 2.06. The van der Waals surface area contributed by atoms with Crippen LogP contribution in [0.1, 0.15) is 23.1 Å². The third-order valence-corrected chi connectivity index (χ3v) is 3.77. The number of anilines is 2. The molecule has 2 aromatic carbocycles. The van der Waals surface area contributed by atoms with Crippen molar-refractivity contribution in [3.8, 4) is 0 Å². The summed E-state index contributed by atoms with van der Waals surface area (Å²) in [6.07, 6.45) is 0.402. The Labute approximate surface area is 136 Å². The fourth-order valence-electron chi connectivity index (χ4n) is 2.18. The first-order valence-corrected chi connectivity index (χ1v) is 7.70. The molecule has 0 atom stereocenters. The van der Waals surface area contributed by atoms with Crippen LogP contribution in [0, 0.1) is 20.8 Å². The number of amides is 1. The number of carbonyl (C=O) groups is 1. The largest absolute Gasteiger partial charge is 0.384 e. The average Bonchev–Trinajstić information content (AvgIpc) is 2.46. The minimum Gasteiger partial charge on any atom is -0.384 e. The molecule has 0 heterocycles. The third-order valence-electron chi connectivity index (χ3n) is 3.53. The van der Waals surface area contributed by atoms with Gasteiger partial charge in [-0.3, -0.25) is 4.79 Å². The van der Waals surface area contributed by atoms with Gasteiger partial charge in [-0.1, -0.05) is 29.8 Å². The summed E-state index contributed by atoms with van der Waals surface area (Å²) in [7, 11) is 0. The van der Waals surface area contributed by atoms with Crippen molar-refractivity contribution < 1.29 is 4.79 Å². The maximum atomic E-state index is 12.0. The number of halogens is 1. The van der Waals surface area contributed by atoms with Crippen LogP contribution < -0.4 is 10.6 Å². The van der Waals surface area contributed by atoms with E-state index in [0.717, 1.165) is 16.9 Å². The van der Waals surface area contributed by atoms with Crippen molar-refractivity contribution >= 4 is 28.9 Å². The maximum Gasteiger partial charge on any atom is 0.226 e. The molecule has 0 spiro atoms. The summed E-state index contributed by atoms with van der Waals surface area (Å²) in [6, 6.07) is 11.7. The number of carbonyl (C=O) groups excluding carboxylic acids is 1. The van der Waals surface area contributed by atoms with Gasteiger partial charge in [-0.15, -0.1) is 0 Å². The first kappa shape index (κ1) is 16.4. The molecule has 22 heavy (non-hydrogen) atoms. The maximum absolute atomic E-state index is 12.0. The predicted octanol–water partition coefficient (Wildman–Crippen LogP) is 4.71. The summed E-state index contributed by atoms with van der Waals surface area (Å²) in [6.45, 7) is 6.65. The molecule has 4 heteroatoms. The van der Waals surface area contributed by atoms with Crippen molar-refractivity contribution in [2.45, 2.75) is 27.2 Å². The first-order chi connectivity index (χ1) is 10.5. The van der Waals surface area contributed by atoms with Gasteiger partial charge in [0.25, 0.3) is 0 Å². The molecule has 3 nitrogen and oxygen atoms in total. The van der Waals surface area contributed by atoms with Gasteiger partial charge >= 0.3 is 0 Å². The van der Waals surface area contributed by atoms with E-state index >= 15 is 0 Å². The van der Waals surface area contributed by atoms with E-state index in [4.69, 9.17) is 11.6 Å². The lowest BCUT2D eigenvalue weighted by atomic mass is 10.1. The Bertz CT molecular complexity index is 683. The fraction of sp³-hybridized carbons (Fsp3) is 0.278. The Balaban J connectivity index is 1.88. The number of nitrogens with one attached hydrogen (secondary N) is 2. The van der Waals surface area contributed by atoms with Gasteiger partial charge in [0, 0.05) is 29.4 Å². The highest BCUT2D eigenvalue weighted by atomic mass is 35.5. The van der Waals surface area contributed by atoms with E-state index < -0.39 is 0 Å². The number of aryl methyl sites for hydroxylation is 3. The number of rotatable bonds is 5. The summed E-state index contributed by atoms with van der Waals surface area (Å²) in [5.41, 5.74) is 5.22. The molecule has 0 bridgehead atoms. The van der Waals surface area contributed by atoms with Gasteiger partial charge in [-0.2, -0.15) is 0 Å². The Kier molecular flexibility index (Phi) is 5.45. The van der Waals surface area contributed by atoms with Gasteiger partial charge in [-0.25, -0.2) is 0 Å². The molecule has 0 saturated carbocycles. The Morgan fingerprint density at radius 1 is 1.00 bits per heavy atom. The third kappa shape index (κ3) is 4.50. The molecule has 0 unspecified atom stereocenters. The minimum absolute atomic E-state index is 0.0248. The van der Waals surface area contributed by atoms with Crippen molar-refractivity contribution in [1.82, 2.24) is 0 Å². The summed E-state index contributed by atoms with van der Waals surface area (Å²) < 4.78 is 0. The first-order valence-electron chi connectivity index (χ1n) is 7.33. The van der Waals surface area contributed by atoms with Crippen LogP contribution in [0.4, 0.5) is 11.4 Å². The van der Waals surface area contributed by atoms with Gasteiger partial charge in [0.05, 0.1) is 0 Å².